The number of imidazole rings is 1. The zero-order chi connectivity index (χ0) is 49.6. The van der Waals surface area contributed by atoms with Gasteiger partial charge in [-0.1, -0.05) is 63.2 Å². The van der Waals surface area contributed by atoms with Gasteiger partial charge >= 0.3 is 5.97 Å². The first kappa shape index (κ1) is 55.2. The fraction of sp³-hybridized carbons (Fsp3) is 0.489. The van der Waals surface area contributed by atoms with Gasteiger partial charge in [0.05, 0.1) is 18.8 Å². The summed E-state index contributed by atoms with van der Waals surface area (Å²) in [7, 11) is 0. The van der Waals surface area contributed by atoms with Crippen molar-refractivity contribution in [2.45, 2.75) is 108 Å². The normalized spacial score (nSPS) is 14.7. The lowest BCUT2D eigenvalue weighted by Crippen LogP contribution is -2.61. The van der Waals surface area contributed by atoms with Gasteiger partial charge in [0.15, 0.2) is 0 Å². The van der Waals surface area contributed by atoms with Crippen LogP contribution >= 0.6 is 23.5 Å². The number of carbonyl (C=O) groups is 8. The summed E-state index contributed by atoms with van der Waals surface area (Å²) in [5.41, 5.74) is 13.4. The van der Waals surface area contributed by atoms with Crippen LogP contribution in [0.2, 0.25) is 0 Å². The van der Waals surface area contributed by atoms with Crippen molar-refractivity contribution < 1.29 is 48.6 Å². The number of H-pyrrole nitrogens is 1. The molecule has 0 bridgehead atoms. The van der Waals surface area contributed by atoms with E-state index in [9.17, 15) is 48.6 Å². The molecule has 0 aliphatic rings. The Balaban J connectivity index is 1.93. The molecule has 20 nitrogen and oxygen atoms in total. The molecule has 67 heavy (non-hydrogen) atoms. The van der Waals surface area contributed by atoms with Gasteiger partial charge in [-0.25, -0.2) is 4.98 Å². The average molecular weight is 969 g/mol. The lowest BCUT2D eigenvalue weighted by atomic mass is 9.91. The topological polar surface area (TPSA) is 330 Å². The molecule has 7 amide bonds. The molecule has 1 heterocycles. The predicted molar refractivity (Wildman–Crippen MR) is 255 cm³/mol. The lowest BCUT2D eigenvalue weighted by Gasteiger charge is -2.30. The maximum Gasteiger partial charge on any atom is 0.305 e. The van der Waals surface area contributed by atoms with Crippen molar-refractivity contribution in [2.24, 2.45) is 17.4 Å². The Morgan fingerprint density at radius 1 is 0.672 bits per heavy atom. The number of carboxylic acid groups (broad SMARTS) is 1. The summed E-state index contributed by atoms with van der Waals surface area (Å²) in [6.07, 6.45) is 6.05. The summed E-state index contributed by atoms with van der Waals surface area (Å²) >= 11 is 2.82. The van der Waals surface area contributed by atoms with E-state index in [1.54, 1.807) is 55.6 Å². The second kappa shape index (κ2) is 28.1. The molecule has 0 aliphatic heterocycles. The van der Waals surface area contributed by atoms with E-state index in [1.807, 2.05) is 20.1 Å². The fourth-order valence-corrected chi connectivity index (χ4v) is 7.83. The molecule has 0 unspecified atom stereocenters. The van der Waals surface area contributed by atoms with Crippen molar-refractivity contribution in [2.75, 3.05) is 24.0 Å². The van der Waals surface area contributed by atoms with Crippen molar-refractivity contribution in [3.8, 4) is 5.75 Å². The van der Waals surface area contributed by atoms with Crippen molar-refractivity contribution in [3.63, 3.8) is 0 Å². The van der Waals surface area contributed by atoms with Crippen LogP contribution in [0.4, 0.5) is 0 Å². The number of thioether (sulfide) groups is 2. The maximum absolute atomic E-state index is 14.6. The van der Waals surface area contributed by atoms with E-state index in [1.165, 1.54) is 48.2 Å². The molecule has 22 heteroatoms. The van der Waals surface area contributed by atoms with Crippen LogP contribution in [0.25, 0.3) is 0 Å². The number of carbonyl (C=O) groups excluding carboxylic acids is 7. The molecule has 1 aromatic heterocycles. The van der Waals surface area contributed by atoms with Crippen LogP contribution in [0.15, 0.2) is 67.1 Å². The van der Waals surface area contributed by atoms with Crippen LogP contribution in [-0.4, -0.2) is 134 Å². The molecule has 0 radical (unpaired) electrons. The first-order chi connectivity index (χ1) is 31.8. The molecule has 0 spiro atoms. The second-order valence-corrected chi connectivity index (χ2v) is 18.4. The number of primary amides is 1. The molecule has 366 valence electrons. The number of aromatic nitrogens is 2. The van der Waals surface area contributed by atoms with Gasteiger partial charge in [0.2, 0.25) is 41.4 Å². The quantitative estimate of drug-likeness (QED) is 0.0450. The Morgan fingerprint density at radius 2 is 1.19 bits per heavy atom. The number of nitrogens with one attached hydrogen (secondary N) is 7. The average Bonchev–Trinajstić information content (AvgIpc) is 3.81. The molecule has 0 saturated carbocycles. The Kier molecular flexibility index (Phi) is 23.2. The molecular formula is C45H64N10O10S2. The molecule has 8 atom stereocenters. The minimum Gasteiger partial charge on any atom is -0.508 e. The van der Waals surface area contributed by atoms with Gasteiger partial charge in [-0.3, -0.25) is 38.4 Å². The number of aromatic hydroxyl groups is 1. The largest absolute Gasteiger partial charge is 0.508 e. The predicted octanol–water partition coefficient (Wildman–Crippen LogP) is 0.453. The lowest BCUT2D eigenvalue weighted by molar-refractivity contribution is -0.140. The van der Waals surface area contributed by atoms with Gasteiger partial charge in [-0.15, -0.1) is 0 Å². The molecule has 13 N–H and O–H groups in total. The summed E-state index contributed by atoms with van der Waals surface area (Å²) in [5.74, 6) is -6.81. The fourth-order valence-electron chi connectivity index (χ4n) is 6.89. The summed E-state index contributed by atoms with van der Waals surface area (Å²) in [6, 6.07) is 6.27. The van der Waals surface area contributed by atoms with Gasteiger partial charge in [0.25, 0.3) is 0 Å². The molecular weight excluding hydrogens is 905 g/mol. The molecule has 0 saturated heterocycles. The van der Waals surface area contributed by atoms with E-state index in [-0.39, 0.29) is 43.8 Å². The van der Waals surface area contributed by atoms with Gasteiger partial charge in [0.1, 0.15) is 42.0 Å². The van der Waals surface area contributed by atoms with Gasteiger partial charge in [-0.05, 0) is 78.9 Å². The number of carboxylic acids is 1. The number of phenols is 1. The molecule has 0 fully saturated rings. The van der Waals surface area contributed by atoms with Crippen LogP contribution in [0.5, 0.6) is 5.75 Å². The Hall–Kier alpha value is -6.13. The monoisotopic (exact) mass is 968 g/mol. The highest BCUT2D eigenvalue weighted by Gasteiger charge is 2.36. The number of hydrogen-bond donors (Lipinski definition) is 11. The summed E-state index contributed by atoms with van der Waals surface area (Å²) < 4.78 is 0. The van der Waals surface area contributed by atoms with E-state index >= 15 is 0 Å². The summed E-state index contributed by atoms with van der Waals surface area (Å²) in [5, 5.41) is 34.9. The maximum atomic E-state index is 14.6. The van der Waals surface area contributed by atoms with E-state index in [2.05, 4.69) is 41.9 Å². The summed E-state index contributed by atoms with van der Waals surface area (Å²) in [4.78, 5) is 114. The standard InChI is InChI=1S/C45H64N10O10S2/c1-25(2)19-35(43(63)51-32(15-17-66-4)41(61)52-34(39(47)59)22-37(57)58)53-44(64)36(21-29-23-48-24-49-29)54-45(65)38(26(3)28-9-7-6-8-10-28)55-42(62)33(16-18-67-5)50-40(60)31(46)20-27-11-13-30(56)14-12-27/h6-14,23-26,31-36,38,56H,15-22,46H2,1-5H3,(H2,47,59)(H,48,49)(H,50,60)(H,51,63)(H,52,61)(H,53,64)(H,54,65)(H,55,62)(H,57,58)/t26-,31-,32-,33+,34-,35-,36-,38+/m0/s1. The van der Waals surface area contributed by atoms with Gasteiger partial charge < -0.3 is 58.6 Å². The molecule has 0 aliphatic carbocycles. The number of aliphatic carboxylic acids is 1. The Bertz CT molecular complexity index is 2100. The third-order valence-electron chi connectivity index (χ3n) is 10.6. The Labute approximate surface area is 398 Å². The van der Waals surface area contributed by atoms with E-state index in [0.29, 0.717) is 28.3 Å². The van der Waals surface area contributed by atoms with Crippen LogP contribution in [0, 0.1) is 5.92 Å². The first-order valence-corrected chi connectivity index (χ1v) is 24.5. The molecule has 2 aromatic carbocycles. The van der Waals surface area contributed by atoms with Gasteiger partial charge in [0, 0.05) is 24.2 Å². The highest BCUT2D eigenvalue weighted by molar-refractivity contribution is 7.98. The van der Waals surface area contributed by atoms with Crippen molar-refractivity contribution in [1.29, 1.82) is 0 Å². The number of benzene rings is 2. The van der Waals surface area contributed by atoms with E-state index in [4.69, 9.17) is 11.5 Å². The minimum atomic E-state index is -1.55. The molecule has 3 aromatic rings. The number of phenolic OH excluding ortho intramolecular Hbond substituents is 1. The van der Waals surface area contributed by atoms with E-state index in [0.717, 1.165) is 0 Å². The number of rotatable bonds is 29. The van der Waals surface area contributed by atoms with E-state index < -0.39 is 102 Å². The van der Waals surface area contributed by atoms with Crippen molar-refractivity contribution >= 4 is 70.8 Å². The van der Waals surface area contributed by atoms with Crippen molar-refractivity contribution in [1.82, 2.24) is 41.9 Å². The third-order valence-corrected chi connectivity index (χ3v) is 11.9. The minimum absolute atomic E-state index is 0.0552. The third kappa shape index (κ3) is 18.9. The second-order valence-electron chi connectivity index (χ2n) is 16.4. The number of aromatic amines is 1. The van der Waals surface area contributed by atoms with Gasteiger partial charge in [-0.2, -0.15) is 23.5 Å². The number of amides is 7. The highest BCUT2D eigenvalue weighted by atomic mass is 32.2. The Morgan fingerprint density at radius 3 is 1.73 bits per heavy atom. The summed E-state index contributed by atoms with van der Waals surface area (Å²) in [6.45, 7) is 5.36. The van der Waals surface area contributed by atoms with Crippen LogP contribution < -0.4 is 43.4 Å². The van der Waals surface area contributed by atoms with Crippen LogP contribution in [-0.2, 0) is 51.2 Å². The van der Waals surface area contributed by atoms with Crippen LogP contribution in [0.1, 0.15) is 69.2 Å². The van der Waals surface area contributed by atoms with Crippen LogP contribution in [0.3, 0.4) is 0 Å². The highest BCUT2D eigenvalue weighted by Crippen LogP contribution is 2.21. The number of nitrogens with two attached hydrogens (primary N) is 2. The molecule has 3 rings (SSSR count). The smallest absolute Gasteiger partial charge is 0.305 e. The number of hydrogen-bond acceptors (Lipinski definition) is 13. The zero-order valence-corrected chi connectivity index (χ0v) is 39.9. The zero-order valence-electron chi connectivity index (χ0n) is 38.3. The first-order valence-electron chi connectivity index (χ1n) is 21.7. The number of nitrogens with zero attached hydrogens (tertiary/aromatic N) is 1. The SMILES string of the molecule is CSCC[C@H](NC(=O)[C@H](CC(C)C)NC(=O)[C@H](Cc1cnc[nH]1)NC(=O)[C@H](NC(=O)[C@@H](CCSC)NC(=O)[C@@H](N)Cc1ccc(O)cc1)[C@@H](C)c1ccccc1)C(=O)N[C@@H](CC(=O)O)C(N)=O. The van der Waals surface area contributed by atoms with Crippen molar-refractivity contribution in [3.05, 3.63) is 83.9 Å².